The van der Waals surface area contributed by atoms with Crippen LogP contribution in [0.3, 0.4) is 0 Å². The van der Waals surface area contributed by atoms with Crippen LogP contribution < -0.4 is 10.2 Å². The van der Waals surface area contributed by atoms with Gasteiger partial charge in [-0.25, -0.2) is 14.6 Å². The van der Waals surface area contributed by atoms with Crippen molar-refractivity contribution in [1.29, 1.82) is 0 Å². The average molecular weight is 285 g/mol. The number of carboxylic acids is 1. The molecule has 0 atom stereocenters. The Morgan fingerprint density at radius 1 is 1.19 bits per heavy atom. The number of rotatable bonds is 3. The van der Waals surface area contributed by atoms with Crippen LogP contribution in [-0.2, 0) is 0 Å². The lowest BCUT2D eigenvalue weighted by Gasteiger charge is -2.20. The van der Waals surface area contributed by atoms with Crippen molar-refractivity contribution in [2.24, 2.45) is 0 Å². The van der Waals surface area contributed by atoms with Gasteiger partial charge < -0.3 is 10.4 Å². The van der Waals surface area contributed by atoms with Crippen LogP contribution >= 0.6 is 0 Å². The fourth-order valence-corrected chi connectivity index (χ4v) is 1.92. The third kappa shape index (κ3) is 3.17. The summed E-state index contributed by atoms with van der Waals surface area (Å²) in [6.45, 7) is 1.89. The molecule has 2 N–H and O–H groups in total. The molecule has 0 radical (unpaired) electrons. The standard InChI is InChI=1S/C15H15N3O3/c1-10-6-3-4-8-12(10)18(2)15(21)17-11-7-5-9-16-13(11)14(19)20/h3-9H,1-2H3,(H,17,21)(H,19,20). The summed E-state index contributed by atoms with van der Waals surface area (Å²) in [5.74, 6) is -1.19. The first-order chi connectivity index (χ1) is 10.0. The average Bonchev–Trinajstić information content (AvgIpc) is 2.47. The van der Waals surface area contributed by atoms with Crippen LogP contribution in [0.4, 0.5) is 16.2 Å². The number of carbonyl (C=O) groups excluding carboxylic acids is 1. The van der Waals surface area contributed by atoms with Gasteiger partial charge in [-0.2, -0.15) is 0 Å². The van der Waals surface area contributed by atoms with Crippen molar-refractivity contribution in [2.45, 2.75) is 6.92 Å². The summed E-state index contributed by atoms with van der Waals surface area (Å²) >= 11 is 0. The first-order valence-corrected chi connectivity index (χ1v) is 6.29. The van der Waals surface area contributed by atoms with Crippen LogP contribution in [0.1, 0.15) is 16.1 Å². The van der Waals surface area contributed by atoms with Gasteiger partial charge in [0.05, 0.1) is 5.69 Å². The number of hydrogen-bond donors (Lipinski definition) is 2. The Hall–Kier alpha value is -2.89. The summed E-state index contributed by atoms with van der Waals surface area (Å²) in [5, 5.41) is 11.6. The van der Waals surface area contributed by atoms with Crippen molar-refractivity contribution >= 4 is 23.4 Å². The lowest BCUT2D eigenvalue weighted by molar-refractivity contribution is 0.0691. The molecule has 0 fully saturated rings. The monoisotopic (exact) mass is 285 g/mol. The molecule has 0 unspecified atom stereocenters. The zero-order valence-corrected chi connectivity index (χ0v) is 11.7. The predicted octanol–water partition coefficient (Wildman–Crippen LogP) is 2.76. The van der Waals surface area contributed by atoms with Gasteiger partial charge in [0.25, 0.3) is 0 Å². The van der Waals surface area contributed by atoms with Gasteiger partial charge in [-0.15, -0.1) is 0 Å². The highest BCUT2D eigenvalue weighted by atomic mass is 16.4. The van der Waals surface area contributed by atoms with E-state index in [1.807, 2.05) is 31.2 Å². The second-order valence-corrected chi connectivity index (χ2v) is 4.48. The summed E-state index contributed by atoms with van der Waals surface area (Å²) in [4.78, 5) is 28.5. The Kier molecular flexibility index (Phi) is 4.18. The molecular formula is C15H15N3O3. The maximum absolute atomic E-state index is 12.2. The second-order valence-electron chi connectivity index (χ2n) is 4.48. The molecule has 0 aliphatic carbocycles. The first kappa shape index (κ1) is 14.5. The Morgan fingerprint density at radius 2 is 1.90 bits per heavy atom. The number of amides is 2. The molecule has 0 saturated carbocycles. The number of para-hydroxylation sites is 1. The number of anilines is 2. The lowest BCUT2D eigenvalue weighted by Crippen LogP contribution is -2.32. The first-order valence-electron chi connectivity index (χ1n) is 6.29. The topological polar surface area (TPSA) is 82.5 Å². The molecule has 1 aromatic carbocycles. The molecule has 6 nitrogen and oxygen atoms in total. The van der Waals surface area contributed by atoms with Crippen molar-refractivity contribution in [3.05, 3.63) is 53.9 Å². The van der Waals surface area contributed by atoms with E-state index in [1.54, 1.807) is 13.1 Å². The van der Waals surface area contributed by atoms with E-state index >= 15 is 0 Å². The van der Waals surface area contributed by atoms with E-state index in [-0.39, 0.29) is 11.4 Å². The van der Waals surface area contributed by atoms with Crippen LogP contribution in [0.15, 0.2) is 42.6 Å². The van der Waals surface area contributed by atoms with Gasteiger partial charge in [-0.3, -0.25) is 4.90 Å². The van der Waals surface area contributed by atoms with Gasteiger partial charge >= 0.3 is 12.0 Å². The SMILES string of the molecule is Cc1ccccc1N(C)C(=O)Nc1cccnc1C(=O)O. The molecule has 0 aliphatic heterocycles. The van der Waals surface area contributed by atoms with E-state index in [0.717, 1.165) is 11.3 Å². The van der Waals surface area contributed by atoms with Crippen molar-refractivity contribution in [3.63, 3.8) is 0 Å². The number of carbonyl (C=O) groups is 2. The summed E-state index contributed by atoms with van der Waals surface area (Å²) in [5.41, 5.74) is 1.66. The van der Waals surface area contributed by atoms with Crippen molar-refractivity contribution in [2.75, 3.05) is 17.3 Å². The minimum absolute atomic E-state index is 0.162. The van der Waals surface area contributed by atoms with E-state index in [0.29, 0.717) is 0 Å². The van der Waals surface area contributed by atoms with Crippen molar-refractivity contribution in [3.8, 4) is 0 Å². The molecule has 6 heteroatoms. The molecule has 0 bridgehead atoms. The minimum atomic E-state index is -1.19. The minimum Gasteiger partial charge on any atom is -0.476 e. The summed E-state index contributed by atoms with van der Waals surface area (Å²) < 4.78 is 0. The fourth-order valence-electron chi connectivity index (χ4n) is 1.92. The molecular weight excluding hydrogens is 270 g/mol. The summed E-state index contributed by atoms with van der Waals surface area (Å²) in [6.07, 6.45) is 1.37. The zero-order valence-electron chi connectivity index (χ0n) is 11.7. The molecule has 2 amide bonds. The quantitative estimate of drug-likeness (QED) is 0.908. The van der Waals surface area contributed by atoms with E-state index < -0.39 is 12.0 Å². The predicted molar refractivity (Wildman–Crippen MR) is 79.8 cm³/mol. The maximum Gasteiger partial charge on any atom is 0.356 e. The molecule has 0 aliphatic rings. The van der Waals surface area contributed by atoms with E-state index in [4.69, 9.17) is 5.11 Å². The molecule has 2 aromatic rings. The molecule has 1 heterocycles. The smallest absolute Gasteiger partial charge is 0.356 e. The van der Waals surface area contributed by atoms with Gasteiger partial charge in [0.2, 0.25) is 0 Å². The molecule has 2 rings (SSSR count). The van der Waals surface area contributed by atoms with Gasteiger partial charge in [-0.1, -0.05) is 18.2 Å². The highest BCUT2D eigenvalue weighted by Gasteiger charge is 2.17. The van der Waals surface area contributed by atoms with Crippen LogP contribution in [0, 0.1) is 6.92 Å². The van der Waals surface area contributed by atoms with Gasteiger partial charge in [0, 0.05) is 18.9 Å². The number of carboxylic acid groups (broad SMARTS) is 1. The van der Waals surface area contributed by atoms with Crippen LogP contribution in [-0.4, -0.2) is 29.1 Å². The Labute approximate surface area is 122 Å². The zero-order chi connectivity index (χ0) is 15.4. The molecule has 108 valence electrons. The van der Waals surface area contributed by atoms with Crippen LogP contribution in [0.5, 0.6) is 0 Å². The third-order valence-corrected chi connectivity index (χ3v) is 3.03. The van der Waals surface area contributed by atoms with Gasteiger partial charge in [0.1, 0.15) is 0 Å². The number of pyridine rings is 1. The normalized spacial score (nSPS) is 10.0. The number of urea groups is 1. The van der Waals surface area contributed by atoms with E-state index in [2.05, 4.69) is 10.3 Å². The number of nitrogens with zero attached hydrogens (tertiary/aromatic N) is 2. The van der Waals surface area contributed by atoms with Crippen molar-refractivity contribution < 1.29 is 14.7 Å². The second kappa shape index (κ2) is 6.04. The summed E-state index contributed by atoms with van der Waals surface area (Å²) in [7, 11) is 1.62. The Balaban J connectivity index is 2.23. The maximum atomic E-state index is 12.2. The van der Waals surface area contributed by atoms with Crippen LogP contribution in [0.25, 0.3) is 0 Å². The highest BCUT2D eigenvalue weighted by Crippen LogP contribution is 2.19. The van der Waals surface area contributed by atoms with Crippen LogP contribution in [0.2, 0.25) is 0 Å². The number of nitrogens with one attached hydrogen (secondary N) is 1. The van der Waals surface area contributed by atoms with E-state index in [9.17, 15) is 9.59 Å². The molecule has 21 heavy (non-hydrogen) atoms. The lowest BCUT2D eigenvalue weighted by atomic mass is 10.2. The van der Waals surface area contributed by atoms with Crippen molar-refractivity contribution in [1.82, 2.24) is 4.98 Å². The molecule has 1 aromatic heterocycles. The number of benzene rings is 1. The third-order valence-electron chi connectivity index (χ3n) is 3.03. The van der Waals surface area contributed by atoms with Gasteiger partial charge in [0.15, 0.2) is 5.69 Å². The highest BCUT2D eigenvalue weighted by molar-refractivity contribution is 6.05. The number of hydrogen-bond acceptors (Lipinski definition) is 3. The summed E-state index contributed by atoms with van der Waals surface area (Å²) in [6, 6.07) is 10.1. The Morgan fingerprint density at radius 3 is 2.57 bits per heavy atom. The van der Waals surface area contributed by atoms with Gasteiger partial charge in [-0.05, 0) is 30.7 Å². The van der Waals surface area contributed by atoms with E-state index in [1.165, 1.54) is 17.2 Å². The number of aromatic carboxylic acids is 1. The largest absolute Gasteiger partial charge is 0.476 e. The molecule has 0 saturated heterocycles. The number of aryl methyl sites for hydroxylation is 1. The Bertz CT molecular complexity index is 685. The molecule has 0 spiro atoms. The number of aromatic nitrogens is 1. The fraction of sp³-hybridized carbons (Fsp3) is 0.133.